The molecule has 1 aliphatic carbocycles. The number of pyridine rings is 1. The number of fused-ring (bicyclic) bond motifs is 3. The van der Waals surface area contributed by atoms with Crippen molar-refractivity contribution in [1.29, 1.82) is 0 Å². The van der Waals surface area contributed by atoms with E-state index >= 15 is 0 Å². The van der Waals surface area contributed by atoms with E-state index in [1.54, 1.807) is 7.11 Å². The lowest BCUT2D eigenvalue weighted by Crippen LogP contribution is -2.22. The van der Waals surface area contributed by atoms with E-state index in [1.807, 2.05) is 42.5 Å². The number of hydrogen-bond donors (Lipinski definition) is 1. The highest BCUT2D eigenvalue weighted by atomic mass is 35.5. The maximum absolute atomic E-state index is 12.6. The number of methoxy groups -OCH3 is 1. The second-order valence-electron chi connectivity index (χ2n) is 7.33. The van der Waals surface area contributed by atoms with E-state index in [9.17, 15) is 4.79 Å². The van der Waals surface area contributed by atoms with Crippen LogP contribution in [0.25, 0.3) is 0 Å². The van der Waals surface area contributed by atoms with Gasteiger partial charge in [-0.05, 0) is 36.6 Å². The van der Waals surface area contributed by atoms with Crippen LogP contribution in [0.2, 0.25) is 5.02 Å². The average Bonchev–Trinajstić information content (AvgIpc) is 2.72. The molecule has 0 amide bonds. The van der Waals surface area contributed by atoms with E-state index in [4.69, 9.17) is 31.8 Å². The van der Waals surface area contributed by atoms with Gasteiger partial charge in [0.15, 0.2) is 5.78 Å². The summed E-state index contributed by atoms with van der Waals surface area (Å²) in [6.07, 6.45) is 2.00. The van der Waals surface area contributed by atoms with Crippen molar-refractivity contribution in [3.63, 3.8) is 0 Å². The molecule has 6 heteroatoms. The van der Waals surface area contributed by atoms with Gasteiger partial charge in [0.2, 0.25) is 5.88 Å². The molecule has 0 spiro atoms. The third-order valence-corrected chi connectivity index (χ3v) is 5.89. The van der Waals surface area contributed by atoms with Crippen molar-refractivity contribution in [1.82, 2.24) is 4.98 Å². The van der Waals surface area contributed by atoms with Gasteiger partial charge >= 0.3 is 0 Å². The summed E-state index contributed by atoms with van der Waals surface area (Å²) in [6.45, 7) is 0. The van der Waals surface area contributed by atoms with Crippen LogP contribution >= 0.6 is 11.6 Å². The minimum Gasteiger partial charge on any atom is -0.497 e. The molecule has 1 atom stereocenters. The van der Waals surface area contributed by atoms with Gasteiger partial charge < -0.3 is 15.2 Å². The van der Waals surface area contributed by atoms with Gasteiger partial charge in [-0.25, -0.2) is 4.98 Å². The van der Waals surface area contributed by atoms with E-state index in [-0.39, 0.29) is 11.7 Å². The summed E-state index contributed by atoms with van der Waals surface area (Å²) in [6, 6.07) is 13.3. The number of nitrogens with two attached hydrogens (primary N) is 1. The molecule has 2 aliphatic rings. The number of aromatic nitrogens is 1. The highest BCUT2D eigenvalue weighted by molar-refractivity contribution is 6.30. The van der Waals surface area contributed by atoms with Gasteiger partial charge in [0.1, 0.15) is 11.5 Å². The third-order valence-electron chi connectivity index (χ3n) is 5.64. The van der Waals surface area contributed by atoms with Crippen molar-refractivity contribution >= 4 is 23.1 Å². The first-order chi connectivity index (χ1) is 14.1. The number of Topliss-reactive ketones (excluding diaryl/α,β-unsaturated/α-hetero) is 1. The molecule has 2 N–H and O–H groups in total. The lowest BCUT2D eigenvalue weighted by Gasteiger charge is -2.31. The molecule has 0 saturated heterocycles. The van der Waals surface area contributed by atoms with Crippen molar-refractivity contribution in [2.45, 2.75) is 25.2 Å². The van der Waals surface area contributed by atoms with Gasteiger partial charge in [0.25, 0.3) is 0 Å². The molecular weight excluding hydrogens is 388 g/mol. The molecule has 3 aromatic rings. The molecule has 5 nitrogen and oxygen atoms in total. The number of halogens is 1. The number of rotatable bonds is 2. The Morgan fingerprint density at radius 2 is 1.97 bits per heavy atom. The third kappa shape index (κ3) is 2.85. The van der Waals surface area contributed by atoms with Crippen LogP contribution < -0.4 is 15.2 Å². The molecule has 146 valence electrons. The highest BCUT2D eigenvalue weighted by Crippen LogP contribution is 2.51. The first-order valence-electron chi connectivity index (χ1n) is 9.53. The number of ketones is 1. The number of nitrogen functional groups attached to an aromatic ring is 1. The fraction of sp³-hybridized carbons (Fsp3) is 0.217. The van der Waals surface area contributed by atoms with Gasteiger partial charge in [0.05, 0.1) is 29.6 Å². The molecule has 29 heavy (non-hydrogen) atoms. The van der Waals surface area contributed by atoms with Gasteiger partial charge in [-0.15, -0.1) is 0 Å². The number of anilines is 1. The summed E-state index contributed by atoms with van der Waals surface area (Å²) >= 11 is 6.11. The molecule has 0 radical (unpaired) electrons. The molecule has 0 bridgehead atoms. The van der Waals surface area contributed by atoms with E-state index in [1.165, 1.54) is 0 Å². The van der Waals surface area contributed by atoms with Gasteiger partial charge in [-0.1, -0.05) is 29.8 Å². The molecule has 2 aromatic carbocycles. The number of carbonyl (C=O) groups excluding carboxylic acids is 1. The van der Waals surface area contributed by atoms with Crippen molar-refractivity contribution in [2.24, 2.45) is 0 Å². The highest BCUT2D eigenvalue weighted by Gasteiger charge is 2.36. The van der Waals surface area contributed by atoms with Crippen LogP contribution in [0.4, 0.5) is 5.69 Å². The van der Waals surface area contributed by atoms with Gasteiger partial charge in [0, 0.05) is 29.0 Å². The first-order valence-corrected chi connectivity index (χ1v) is 9.91. The lowest BCUT2D eigenvalue weighted by atomic mass is 9.80. The minimum absolute atomic E-state index is 0.0504. The Balaban J connectivity index is 1.78. The number of ether oxygens (including phenoxy) is 2. The molecule has 0 saturated carbocycles. The number of carbonyl (C=O) groups is 1. The van der Waals surface area contributed by atoms with Crippen molar-refractivity contribution in [3.8, 4) is 17.4 Å². The number of nitrogens with zero attached hydrogens (tertiary/aromatic N) is 1. The summed E-state index contributed by atoms with van der Waals surface area (Å²) in [5, 5.41) is 0.655. The fourth-order valence-electron chi connectivity index (χ4n) is 4.26. The monoisotopic (exact) mass is 406 g/mol. The van der Waals surface area contributed by atoms with Crippen LogP contribution in [-0.4, -0.2) is 17.9 Å². The first kappa shape index (κ1) is 18.0. The Morgan fingerprint density at radius 1 is 1.17 bits per heavy atom. The predicted octanol–water partition coefficient (Wildman–Crippen LogP) is 5.13. The van der Waals surface area contributed by atoms with E-state index < -0.39 is 0 Å². The lowest BCUT2D eigenvalue weighted by molar-refractivity contribution is 0.0972. The number of aryl methyl sites for hydroxylation is 1. The Kier molecular flexibility index (Phi) is 4.21. The van der Waals surface area contributed by atoms with E-state index in [0.717, 1.165) is 35.2 Å². The summed E-state index contributed by atoms with van der Waals surface area (Å²) < 4.78 is 11.5. The second kappa shape index (κ2) is 6.78. The second-order valence-corrected chi connectivity index (χ2v) is 7.77. The SMILES string of the molecule is COc1ccc2c(c1)Oc1nc3c(c(N)c1C2c1ccc(Cl)cc1)C(=O)CCC3. The Bertz CT molecular complexity index is 1140. The molecule has 1 aromatic heterocycles. The summed E-state index contributed by atoms with van der Waals surface area (Å²) in [5.41, 5.74) is 11.0. The maximum Gasteiger partial charge on any atom is 0.225 e. The van der Waals surface area contributed by atoms with Crippen LogP contribution in [0.5, 0.6) is 17.4 Å². The Morgan fingerprint density at radius 3 is 2.72 bits per heavy atom. The summed E-state index contributed by atoms with van der Waals surface area (Å²) in [5.74, 6) is 1.66. The summed E-state index contributed by atoms with van der Waals surface area (Å²) in [7, 11) is 1.62. The van der Waals surface area contributed by atoms with Gasteiger partial charge in [-0.3, -0.25) is 4.79 Å². The standard InChI is InChI=1S/C23H19ClN2O3/c1-28-14-9-10-15-18(11-14)29-23-21(19(15)12-5-7-13(24)8-6-12)22(25)20-16(26-23)3-2-4-17(20)27/h5-11,19H,2-4H2,1H3,(H2,25,26). The molecule has 1 aliphatic heterocycles. The van der Waals surface area contributed by atoms with Crippen molar-refractivity contribution in [3.05, 3.63) is 75.4 Å². The Hall–Kier alpha value is -3.05. The normalized spacial score (nSPS) is 17.0. The van der Waals surface area contributed by atoms with Crippen LogP contribution in [-0.2, 0) is 6.42 Å². The fourth-order valence-corrected chi connectivity index (χ4v) is 4.39. The molecule has 2 heterocycles. The van der Waals surface area contributed by atoms with Crippen LogP contribution in [0, 0.1) is 0 Å². The van der Waals surface area contributed by atoms with Gasteiger partial charge in [-0.2, -0.15) is 0 Å². The zero-order valence-corrected chi connectivity index (χ0v) is 16.6. The molecule has 1 unspecified atom stereocenters. The van der Waals surface area contributed by atoms with Crippen LogP contribution in [0.1, 0.15) is 51.5 Å². The maximum atomic E-state index is 12.6. The number of hydrogen-bond acceptors (Lipinski definition) is 5. The largest absolute Gasteiger partial charge is 0.497 e. The topological polar surface area (TPSA) is 74.4 Å². The smallest absolute Gasteiger partial charge is 0.225 e. The van der Waals surface area contributed by atoms with Crippen molar-refractivity contribution in [2.75, 3.05) is 12.8 Å². The predicted molar refractivity (Wildman–Crippen MR) is 111 cm³/mol. The van der Waals surface area contributed by atoms with Crippen molar-refractivity contribution < 1.29 is 14.3 Å². The molecule has 5 rings (SSSR count). The minimum atomic E-state index is -0.218. The molecule has 0 fully saturated rings. The Labute approximate surface area is 173 Å². The molecular formula is C23H19ClN2O3. The zero-order valence-electron chi connectivity index (χ0n) is 15.9. The zero-order chi connectivity index (χ0) is 20.1. The summed E-state index contributed by atoms with van der Waals surface area (Å²) in [4.78, 5) is 17.3. The van der Waals surface area contributed by atoms with E-state index in [2.05, 4.69) is 0 Å². The average molecular weight is 407 g/mol. The number of benzene rings is 2. The van der Waals surface area contributed by atoms with Crippen LogP contribution in [0.3, 0.4) is 0 Å². The van der Waals surface area contributed by atoms with Crippen LogP contribution in [0.15, 0.2) is 42.5 Å². The quantitative estimate of drug-likeness (QED) is 0.499. The van der Waals surface area contributed by atoms with E-state index in [0.29, 0.717) is 40.1 Å².